The van der Waals surface area contributed by atoms with Crippen LogP contribution in [-0.4, -0.2) is 4.98 Å². The van der Waals surface area contributed by atoms with Crippen molar-refractivity contribution >= 4 is 17.0 Å². The Bertz CT molecular complexity index is 626. The molecule has 0 amide bonds. The van der Waals surface area contributed by atoms with E-state index in [0.29, 0.717) is 0 Å². The van der Waals surface area contributed by atoms with E-state index in [4.69, 9.17) is 0 Å². The topological polar surface area (TPSA) is 12.9 Å². The van der Waals surface area contributed by atoms with Gasteiger partial charge in [-0.15, -0.1) is 0 Å². The van der Waals surface area contributed by atoms with Gasteiger partial charge in [-0.1, -0.05) is 0 Å². The van der Waals surface area contributed by atoms with Crippen LogP contribution in [0.4, 0.5) is 0 Å². The minimum absolute atomic E-state index is 0.0683. The standard InChI is InChI=1S/C15H13IN/c1-2-11-5-6-12-7-8-13-4-3-9-17-15(13)14(12)16-10-11/h3-10H,2H2,1H3/q-1. The molecule has 0 aliphatic carbocycles. The molecule has 0 spiro atoms. The number of pyridine rings is 1. The van der Waals surface area contributed by atoms with Crippen molar-refractivity contribution in [2.24, 2.45) is 0 Å². The third-order valence-electron chi connectivity index (χ3n) is 2.93. The molecule has 0 saturated heterocycles. The van der Waals surface area contributed by atoms with Crippen LogP contribution >= 0.6 is 0 Å². The molecule has 2 aromatic rings. The number of nitrogens with zero attached hydrogens (tertiary/aromatic N) is 1. The van der Waals surface area contributed by atoms with Crippen LogP contribution in [-0.2, 0) is 0 Å². The summed E-state index contributed by atoms with van der Waals surface area (Å²) in [5, 5.41) is 1.26. The average Bonchev–Trinajstić information content (AvgIpc) is 2.60. The zero-order valence-electron chi connectivity index (χ0n) is 9.65. The molecule has 1 aromatic heterocycles. The molecule has 2 heteroatoms. The number of hydrogen-bond donors (Lipinski definition) is 0. The third-order valence-corrected chi connectivity index (χ3v) is 5.80. The summed E-state index contributed by atoms with van der Waals surface area (Å²) >= 11 is -0.0683. The van der Waals surface area contributed by atoms with Crippen molar-refractivity contribution < 1.29 is 21.2 Å². The summed E-state index contributed by atoms with van der Waals surface area (Å²) in [6.45, 7) is 2.21. The van der Waals surface area contributed by atoms with Gasteiger partial charge in [0.15, 0.2) is 0 Å². The van der Waals surface area contributed by atoms with E-state index in [1.165, 1.54) is 25.6 Å². The molecule has 1 aliphatic rings. The second kappa shape index (κ2) is 4.61. The summed E-state index contributed by atoms with van der Waals surface area (Å²) in [4.78, 5) is 4.55. The van der Waals surface area contributed by atoms with Gasteiger partial charge in [0.1, 0.15) is 0 Å². The maximum atomic E-state index is 4.55. The molecule has 86 valence electrons. The van der Waals surface area contributed by atoms with Crippen LogP contribution in [0.25, 0.3) is 17.0 Å². The molecule has 1 nitrogen and oxygen atoms in total. The fraction of sp³-hybridized carbons (Fsp3) is 0.133. The first-order valence-electron chi connectivity index (χ1n) is 5.77. The van der Waals surface area contributed by atoms with Gasteiger partial charge in [0.25, 0.3) is 0 Å². The predicted octanol–water partition coefficient (Wildman–Crippen LogP) is 0.814. The fourth-order valence-electron chi connectivity index (χ4n) is 1.92. The Kier molecular flexibility index (Phi) is 2.97. The van der Waals surface area contributed by atoms with Crippen LogP contribution < -0.4 is 21.2 Å². The van der Waals surface area contributed by atoms with Gasteiger partial charge in [-0.05, 0) is 0 Å². The molecule has 0 bridgehead atoms. The summed E-state index contributed by atoms with van der Waals surface area (Å²) in [5.41, 5.74) is 4.00. The van der Waals surface area contributed by atoms with E-state index in [2.05, 4.69) is 46.3 Å². The number of rotatable bonds is 1. The maximum absolute atomic E-state index is 4.55. The monoisotopic (exact) mass is 334 g/mol. The predicted molar refractivity (Wildman–Crippen MR) is 67.8 cm³/mol. The van der Waals surface area contributed by atoms with Crippen LogP contribution in [0.5, 0.6) is 0 Å². The van der Waals surface area contributed by atoms with Crippen molar-refractivity contribution in [1.82, 2.24) is 4.98 Å². The van der Waals surface area contributed by atoms with Crippen LogP contribution in [0.1, 0.15) is 18.9 Å². The molecule has 17 heavy (non-hydrogen) atoms. The summed E-state index contributed by atoms with van der Waals surface area (Å²) < 4.78 is 3.89. The Labute approximate surface area is 112 Å². The molecule has 0 radical (unpaired) electrons. The van der Waals surface area contributed by atoms with E-state index in [0.717, 1.165) is 6.42 Å². The minimum atomic E-state index is -0.0683. The van der Waals surface area contributed by atoms with Crippen molar-refractivity contribution in [1.29, 1.82) is 0 Å². The van der Waals surface area contributed by atoms with E-state index in [1.54, 1.807) is 0 Å². The van der Waals surface area contributed by atoms with Gasteiger partial charge in [0.2, 0.25) is 0 Å². The molecular formula is C15H13IN-. The molecule has 1 aromatic carbocycles. The molecule has 0 fully saturated rings. The van der Waals surface area contributed by atoms with Crippen LogP contribution in [0, 0.1) is 3.57 Å². The van der Waals surface area contributed by atoms with Crippen molar-refractivity contribution in [3.05, 3.63) is 55.3 Å². The Balaban J connectivity index is 2.23. The number of hydrogen-bond acceptors (Lipinski definition) is 1. The van der Waals surface area contributed by atoms with Gasteiger partial charge in [-0.2, -0.15) is 0 Å². The van der Waals surface area contributed by atoms with E-state index in [-0.39, 0.29) is 21.2 Å². The van der Waals surface area contributed by atoms with Crippen molar-refractivity contribution in [3.8, 4) is 0 Å². The second-order valence-corrected chi connectivity index (χ2v) is 6.35. The molecule has 0 atom stereocenters. The van der Waals surface area contributed by atoms with Crippen molar-refractivity contribution in [3.63, 3.8) is 0 Å². The number of benzene rings is 1. The van der Waals surface area contributed by atoms with Crippen LogP contribution in [0.2, 0.25) is 0 Å². The van der Waals surface area contributed by atoms with E-state index in [1.807, 2.05) is 12.3 Å². The van der Waals surface area contributed by atoms with E-state index in [9.17, 15) is 0 Å². The Morgan fingerprint density at radius 3 is 3.00 bits per heavy atom. The molecule has 2 heterocycles. The second-order valence-electron chi connectivity index (χ2n) is 4.02. The molecule has 0 N–H and O–H groups in total. The van der Waals surface area contributed by atoms with Crippen molar-refractivity contribution in [2.45, 2.75) is 13.3 Å². The molecule has 0 unspecified atom stereocenters. The van der Waals surface area contributed by atoms with Crippen LogP contribution in [0.15, 0.2) is 46.2 Å². The quantitative estimate of drug-likeness (QED) is 0.704. The molecule has 1 aliphatic heterocycles. The van der Waals surface area contributed by atoms with Gasteiger partial charge in [-0.25, -0.2) is 0 Å². The van der Waals surface area contributed by atoms with Gasteiger partial charge in [0.05, 0.1) is 0 Å². The number of halogens is 1. The van der Waals surface area contributed by atoms with Crippen molar-refractivity contribution in [2.75, 3.05) is 0 Å². The SMILES string of the molecule is CCC1=C[I-]c2c(ccc3cccnc23)C=C1. The Morgan fingerprint density at radius 1 is 1.18 bits per heavy atom. The first-order chi connectivity index (χ1) is 8.38. The third kappa shape index (κ3) is 2.02. The number of aromatic nitrogens is 1. The first-order valence-corrected chi connectivity index (χ1v) is 8.09. The number of fused-ring (bicyclic) bond motifs is 3. The van der Waals surface area contributed by atoms with Crippen LogP contribution in [0.3, 0.4) is 0 Å². The normalized spacial score (nSPS) is 14.8. The van der Waals surface area contributed by atoms with Gasteiger partial charge in [-0.3, -0.25) is 0 Å². The zero-order chi connectivity index (χ0) is 11.7. The average molecular weight is 334 g/mol. The zero-order valence-corrected chi connectivity index (χ0v) is 11.8. The number of allylic oxidation sites excluding steroid dienone is 2. The van der Waals surface area contributed by atoms with E-state index >= 15 is 0 Å². The Morgan fingerprint density at radius 2 is 2.12 bits per heavy atom. The molecular weight excluding hydrogens is 321 g/mol. The van der Waals surface area contributed by atoms with Gasteiger partial charge >= 0.3 is 112 Å². The molecule has 0 saturated carbocycles. The summed E-state index contributed by atoms with van der Waals surface area (Å²) in [6, 6.07) is 8.55. The fourth-order valence-corrected chi connectivity index (χ4v) is 4.75. The summed E-state index contributed by atoms with van der Waals surface area (Å²) in [5.74, 6) is 0. The van der Waals surface area contributed by atoms with Gasteiger partial charge in [0, 0.05) is 0 Å². The first kappa shape index (κ1) is 11.0. The summed E-state index contributed by atoms with van der Waals surface area (Å²) in [6.07, 6.45) is 7.51. The Hall–Kier alpha value is -1.16. The van der Waals surface area contributed by atoms with Gasteiger partial charge < -0.3 is 0 Å². The van der Waals surface area contributed by atoms with E-state index < -0.39 is 0 Å². The summed E-state index contributed by atoms with van der Waals surface area (Å²) in [7, 11) is 0. The molecule has 3 rings (SSSR count).